The van der Waals surface area contributed by atoms with Gasteiger partial charge in [0, 0.05) is 29.8 Å². The molecule has 3 nitrogen and oxygen atoms in total. The van der Waals surface area contributed by atoms with E-state index in [1.54, 1.807) is 0 Å². The molecule has 0 atom stereocenters. The van der Waals surface area contributed by atoms with Crippen LogP contribution in [0.4, 0.5) is 0 Å². The van der Waals surface area contributed by atoms with E-state index in [0.29, 0.717) is 0 Å². The van der Waals surface area contributed by atoms with E-state index in [1.807, 2.05) is 35.0 Å². The van der Waals surface area contributed by atoms with Gasteiger partial charge in [0.2, 0.25) is 0 Å². The average molecular weight is 238 g/mol. The third-order valence-corrected chi connectivity index (χ3v) is 3.28. The van der Waals surface area contributed by atoms with Gasteiger partial charge in [-0.3, -0.25) is 4.79 Å². The van der Waals surface area contributed by atoms with E-state index in [4.69, 9.17) is 0 Å². The number of para-hydroxylation sites is 1. The lowest BCUT2D eigenvalue weighted by Crippen LogP contribution is -2.03. The number of aryl methyl sites for hydroxylation is 2. The standard InChI is InChI=1S/C15H14N2O/c18-11-13-4-3-8-17(13)9-7-12-10-16-15-6-2-1-5-14(12)15/h1-6,8,10-11,16H,7,9H2. The molecule has 0 aliphatic rings. The zero-order valence-electron chi connectivity index (χ0n) is 9.97. The number of aromatic nitrogens is 2. The van der Waals surface area contributed by atoms with Gasteiger partial charge in [-0.05, 0) is 30.2 Å². The second-order valence-corrected chi connectivity index (χ2v) is 4.35. The second kappa shape index (κ2) is 4.53. The number of aromatic amines is 1. The Morgan fingerprint density at radius 3 is 2.94 bits per heavy atom. The van der Waals surface area contributed by atoms with Crippen molar-refractivity contribution < 1.29 is 4.79 Å². The van der Waals surface area contributed by atoms with Crippen molar-refractivity contribution in [3.05, 3.63) is 60.0 Å². The quantitative estimate of drug-likeness (QED) is 0.697. The molecule has 0 saturated heterocycles. The van der Waals surface area contributed by atoms with Crippen LogP contribution in [0, 0.1) is 0 Å². The molecule has 0 amide bonds. The Balaban J connectivity index is 1.83. The lowest BCUT2D eigenvalue weighted by Gasteiger charge is -2.04. The van der Waals surface area contributed by atoms with Gasteiger partial charge in [0.05, 0.1) is 5.69 Å². The van der Waals surface area contributed by atoms with Crippen LogP contribution in [0.1, 0.15) is 16.1 Å². The number of nitrogens with zero attached hydrogens (tertiary/aromatic N) is 1. The van der Waals surface area contributed by atoms with Crippen LogP contribution in [0.25, 0.3) is 10.9 Å². The number of nitrogens with one attached hydrogen (secondary N) is 1. The summed E-state index contributed by atoms with van der Waals surface area (Å²) in [6, 6.07) is 12.0. The van der Waals surface area contributed by atoms with Crippen LogP contribution in [0.5, 0.6) is 0 Å². The Hall–Kier alpha value is -2.29. The molecule has 1 aromatic carbocycles. The Morgan fingerprint density at radius 2 is 2.06 bits per heavy atom. The minimum atomic E-state index is 0.731. The third-order valence-electron chi connectivity index (χ3n) is 3.28. The fourth-order valence-electron chi connectivity index (χ4n) is 2.32. The van der Waals surface area contributed by atoms with Crippen LogP contribution in [-0.2, 0) is 13.0 Å². The van der Waals surface area contributed by atoms with E-state index in [1.165, 1.54) is 10.9 Å². The van der Waals surface area contributed by atoms with Gasteiger partial charge >= 0.3 is 0 Å². The molecule has 3 rings (SSSR count). The summed E-state index contributed by atoms with van der Waals surface area (Å²) in [7, 11) is 0. The number of rotatable bonds is 4. The van der Waals surface area contributed by atoms with Crippen LogP contribution in [0.3, 0.4) is 0 Å². The van der Waals surface area contributed by atoms with Crippen LogP contribution < -0.4 is 0 Å². The molecule has 2 heterocycles. The van der Waals surface area contributed by atoms with Crippen LogP contribution >= 0.6 is 0 Å². The summed E-state index contributed by atoms with van der Waals surface area (Å²) in [4.78, 5) is 14.1. The SMILES string of the molecule is O=Cc1cccn1CCc1c[nH]c2ccccc12. The van der Waals surface area contributed by atoms with E-state index in [9.17, 15) is 4.79 Å². The Labute approximate surface area is 105 Å². The number of hydrogen-bond acceptors (Lipinski definition) is 1. The predicted octanol–water partition coefficient (Wildman–Crippen LogP) is 3.02. The number of carbonyl (C=O) groups excluding carboxylic acids is 1. The van der Waals surface area contributed by atoms with E-state index in [2.05, 4.69) is 23.3 Å². The molecule has 0 bridgehead atoms. The normalized spacial score (nSPS) is 10.9. The zero-order chi connectivity index (χ0) is 12.4. The van der Waals surface area contributed by atoms with Crippen molar-refractivity contribution in [3.63, 3.8) is 0 Å². The highest BCUT2D eigenvalue weighted by Crippen LogP contribution is 2.18. The first kappa shape index (κ1) is 10.8. The molecule has 1 N–H and O–H groups in total. The molecule has 0 aliphatic carbocycles. The van der Waals surface area contributed by atoms with E-state index < -0.39 is 0 Å². The predicted molar refractivity (Wildman–Crippen MR) is 71.8 cm³/mol. The average Bonchev–Trinajstić information content (AvgIpc) is 3.02. The molecule has 0 unspecified atom stereocenters. The van der Waals surface area contributed by atoms with Crippen LogP contribution in [-0.4, -0.2) is 15.8 Å². The zero-order valence-corrected chi connectivity index (χ0v) is 9.97. The topological polar surface area (TPSA) is 37.8 Å². The van der Waals surface area contributed by atoms with E-state index in [0.717, 1.165) is 30.5 Å². The van der Waals surface area contributed by atoms with Gasteiger partial charge in [-0.2, -0.15) is 0 Å². The summed E-state index contributed by atoms with van der Waals surface area (Å²) >= 11 is 0. The van der Waals surface area contributed by atoms with Crippen molar-refractivity contribution in [2.45, 2.75) is 13.0 Å². The lowest BCUT2D eigenvalue weighted by molar-refractivity contribution is 0.111. The molecular weight excluding hydrogens is 224 g/mol. The van der Waals surface area contributed by atoms with Crippen molar-refractivity contribution in [1.29, 1.82) is 0 Å². The maximum atomic E-state index is 10.8. The number of aldehydes is 1. The van der Waals surface area contributed by atoms with Crippen LogP contribution in [0.15, 0.2) is 48.8 Å². The molecule has 0 spiro atoms. The molecule has 0 aliphatic heterocycles. The second-order valence-electron chi connectivity index (χ2n) is 4.35. The Morgan fingerprint density at radius 1 is 1.17 bits per heavy atom. The van der Waals surface area contributed by atoms with Crippen molar-refractivity contribution in [1.82, 2.24) is 9.55 Å². The van der Waals surface area contributed by atoms with E-state index >= 15 is 0 Å². The summed E-state index contributed by atoms with van der Waals surface area (Å²) in [6.45, 7) is 0.822. The maximum Gasteiger partial charge on any atom is 0.166 e. The van der Waals surface area contributed by atoms with Gasteiger partial charge in [-0.15, -0.1) is 0 Å². The molecule has 18 heavy (non-hydrogen) atoms. The first-order chi connectivity index (χ1) is 8.88. The molecule has 3 heteroatoms. The molecule has 90 valence electrons. The summed E-state index contributed by atoms with van der Waals surface area (Å²) in [6.07, 6.45) is 5.81. The highest BCUT2D eigenvalue weighted by atomic mass is 16.1. The molecule has 0 saturated carbocycles. The van der Waals surface area contributed by atoms with E-state index in [-0.39, 0.29) is 0 Å². The van der Waals surface area contributed by atoms with Crippen LogP contribution in [0.2, 0.25) is 0 Å². The molecular formula is C15H14N2O. The molecule has 2 aromatic heterocycles. The summed E-state index contributed by atoms with van der Waals surface area (Å²) in [5, 5.41) is 1.26. The number of carbonyl (C=O) groups is 1. The minimum Gasteiger partial charge on any atom is -0.361 e. The summed E-state index contributed by atoms with van der Waals surface area (Å²) in [5.74, 6) is 0. The molecule has 3 aromatic rings. The number of hydrogen-bond donors (Lipinski definition) is 1. The first-order valence-corrected chi connectivity index (χ1v) is 6.04. The summed E-state index contributed by atoms with van der Waals surface area (Å²) < 4.78 is 1.98. The number of fused-ring (bicyclic) bond motifs is 1. The fraction of sp³-hybridized carbons (Fsp3) is 0.133. The van der Waals surface area contributed by atoms with Gasteiger partial charge in [-0.25, -0.2) is 0 Å². The minimum absolute atomic E-state index is 0.731. The largest absolute Gasteiger partial charge is 0.361 e. The number of H-pyrrole nitrogens is 1. The Kier molecular flexibility index (Phi) is 2.73. The van der Waals surface area contributed by atoms with Crippen molar-refractivity contribution >= 4 is 17.2 Å². The van der Waals surface area contributed by atoms with Crippen molar-refractivity contribution in [3.8, 4) is 0 Å². The van der Waals surface area contributed by atoms with Crippen molar-refractivity contribution in [2.24, 2.45) is 0 Å². The first-order valence-electron chi connectivity index (χ1n) is 6.04. The van der Waals surface area contributed by atoms with Gasteiger partial charge in [0.25, 0.3) is 0 Å². The Bertz CT molecular complexity index is 678. The molecule has 0 radical (unpaired) electrons. The van der Waals surface area contributed by atoms with Gasteiger partial charge < -0.3 is 9.55 Å². The highest BCUT2D eigenvalue weighted by Gasteiger charge is 2.04. The lowest BCUT2D eigenvalue weighted by atomic mass is 10.1. The van der Waals surface area contributed by atoms with Gasteiger partial charge in [-0.1, -0.05) is 18.2 Å². The smallest absolute Gasteiger partial charge is 0.166 e. The fourth-order valence-corrected chi connectivity index (χ4v) is 2.32. The monoisotopic (exact) mass is 238 g/mol. The molecule has 0 fully saturated rings. The number of benzene rings is 1. The van der Waals surface area contributed by atoms with Gasteiger partial charge in [0.1, 0.15) is 0 Å². The summed E-state index contributed by atoms with van der Waals surface area (Å²) in [5.41, 5.74) is 3.18. The maximum absolute atomic E-state index is 10.8. The third kappa shape index (κ3) is 1.84. The van der Waals surface area contributed by atoms with Crippen molar-refractivity contribution in [2.75, 3.05) is 0 Å². The van der Waals surface area contributed by atoms with Gasteiger partial charge in [0.15, 0.2) is 6.29 Å². The highest BCUT2D eigenvalue weighted by molar-refractivity contribution is 5.83.